The Labute approximate surface area is 130 Å². The molecule has 0 radical (unpaired) electrons. The van der Waals surface area contributed by atoms with Gasteiger partial charge in [0, 0.05) is 22.3 Å². The molecule has 2 aromatic rings. The van der Waals surface area contributed by atoms with Gasteiger partial charge in [-0.2, -0.15) is 0 Å². The molecule has 0 heterocycles. The van der Waals surface area contributed by atoms with Crippen molar-refractivity contribution in [3.8, 4) is 0 Å². The molecule has 0 bridgehead atoms. The third-order valence-corrected chi connectivity index (χ3v) is 4.53. The van der Waals surface area contributed by atoms with E-state index in [9.17, 15) is 8.78 Å². The van der Waals surface area contributed by atoms with Crippen LogP contribution in [-0.2, 0) is 0 Å². The van der Waals surface area contributed by atoms with E-state index >= 15 is 0 Å². The normalized spacial score (nSPS) is 12.4. The highest BCUT2D eigenvalue weighted by atomic mass is 35.5. The zero-order valence-corrected chi connectivity index (χ0v) is 12.6. The van der Waals surface area contributed by atoms with Crippen LogP contribution in [0.4, 0.5) is 8.78 Å². The number of hydrogen-bond acceptors (Lipinski definition) is 2. The number of thioether (sulfide) groups is 1. The van der Waals surface area contributed by atoms with Gasteiger partial charge in [-0.05, 0) is 36.4 Å². The summed E-state index contributed by atoms with van der Waals surface area (Å²) in [5.41, 5.74) is 6.06. The van der Waals surface area contributed by atoms with E-state index in [1.54, 1.807) is 18.2 Å². The Morgan fingerprint density at radius 2 is 1.80 bits per heavy atom. The average Bonchev–Trinajstić information content (AvgIpc) is 2.42. The van der Waals surface area contributed by atoms with Crippen LogP contribution >= 0.6 is 35.0 Å². The molecule has 0 saturated carbocycles. The minimum atomic E-state index is -0.606. The maximum atomic E-state index is 13.6. The Hall–Kier alpha value is -0.810. The lowest BCUT2D eigenvalue weighted by Gasteiger charge is -2.13. The van der Waals surface area contributed by atoms with E-state index in [0.717, 1.165) is 23.1 Å². The fraction of sp³-hybridized carbons (Fsp3) is 0.143. The summed E-state index contributed by atoms with van der Waals surface area (Å²) in [5, 5.41) is 0.915. The second-order valence-corrected chi connectivity index (χ2v) is 6.07. The Morgan fingerprint density at radius 3 is 2.50 bits per heavy atom. The largest absolute Gasteiger partial charge is 0.323 e. The first-order chi connectivity index (χ1) is 9.47. The van der Waals surface area contributed by atoms with Crippen molar-refractivity contribution < 1.29 is 8.78 Å². The van der Waals surface area contributed by atoms with Gasteiger partial charge in [-0.1, -0.05) is 23.2 Å². The third kappa shape index (κ3) is 3.85. The van der Waals surface area contributed by atoms with Crippen molar-refractivity contribution in [3.63, 3.8) is 0 Å². The lowest BCUT2D eigenvalue weighted by Crippen LogP contribution is -2.15. The molecular formula is C14H11Cl2F2NS. The molecule has 106 valence electrons. The first kappa shape index (κ1) is 15.6. The summed E-state index contributed by atoms with van der Waals surface area (Å²) >= 11 is 13.1. The van der Waals surface area contributed by atoms with Crippen molar-refractivity contribution in [2.45, 2.75) is 10.9 Å². The van der Waals surface area contributed by atoms with E-state index in [4.69, 9.17) is 28.9 Å². The Bertz CT molecular complexity index is 622. The molecule has 1 unspecified atom stereocenters. The summed E-state index contributed by atoms with van der Waals surface area (Å²) in [7, 11) is 0. The Balaban J connectivity index is 2.06. The van der Waals surface area contributed by atoms with Gasteiger partial charge in [-0.3, -0.25) is 0 Å². The quantitative estimate of drug-likeness (QED) is 0.791. The molecule has 0 saturated heterocycles. The molecule has 0 aliphatic heterocycles. The molecule has 6 heteroatoms. The highest BCUT2D eigenvalue weighted by Crippen LogP contribution is 2.30. The van der Waals surface area contributed by atoms with Gasteiger partial charge in [-0.15, -0.1) is 11.8 Å². The van der Waals surface area contributed by atoms with Crippen molar-refractivity contribution in [1.29, 1.82) is 0 Å². The van der Waals surface area contributed by atoms with Gasteiger partial charge in [0.1, 0.15) is 11.6 Å². The average molecular weight is 334 g/mol. The van der Waals surface area contributed by atoms with Crippen LogP contribution in [0.2, 0.25) is 10.0 Å². The van der Waals surface area contributed by atoms with E-state index < -0.39 is 17.7 Å². The molecule has 0 fully saturated rings. The molecule has 0 aliphatic carbocycles. The summed E-state index contributed by atoms with van der Waals surface area (Å²) in [6, 6.07) is 7.85. The van der Waals surface area contributed by atoms with Crippen molar-refractivity contribution in [1.82, 2.24) is 0 Å². The predicted molar refractivity (Wildman–Crippen MR) is 80.5 cm³/mol. The monoisotopic (exact) mass is 333 g/mol. The molecule has 1 atom stereocenters. The molecule has 0 aromatic heterocycles. The van der Waals surface area contributed by atoms with Gasteiger partial charge in [0.05, 0.1) is 10.0 Å². The van der Waals surface area contributed by atoms with Gasteiger partial charge in [0.2, 0.25) is 0 Å². The molecule has 2 rings (SSSR count). The minimum Gasteiger partial charge on any atom is -0.323 e. The predicted octanol–water partition coefficient (Wildman–Crippen LogP) is 5.06. The number of halogens is 4. The molecular weight excluding hydrogens is 323 g/mol. The maximum absolute atomic E-state index is 13.6. The van der Waals surface area contributed by atoms with Crippen molar-refractivity contribution in [3.05, 3.63) is 63.6 Å². The van der Waals surface area contributed by atoms with Crippen LogP contribution in [0.25, 0.3) is 0 Å². The molecule has 0 aliphatic rings. The van der Waals surface area contributed by atoms with Gasteiger partial charge in [0.25, 0.3) is 0 Å². The summed E-state index contributed by atoms with van der Waals surface area (Å²) in [6.45, 7) is 0. The van der Waals surface area contributed by atoms with Gasteiger partial charge >= 0.3 is 0 Å². The van der Waals surface area contributed by atoms with E-state index in [2.05, 4.69) is 0 Å². The third-order valence-electron chi connectivity index (χ3n) is 2.68. The molecule has 20 heavy (non-hydrogen) atoms. The number of benzene rings is 2. The van der Waals surface area contributed by atoms with Crippen LogP contribution in [0.15, 0.2) is 41.3 Å². The van der Waals surface area contributed by atoms with E-state index in [1.165, 1.54) is 11.8 Å². The second-order valence-electron chi connectivity index (χ2n) is 4.16. The zero-order valence-electron chi connectivity index (χ0n) is 10.2. The summed E-state index contributed by atoms with van der Waals surface area (Å²) in [6.07, 6.45) is 0. The standard InChI is InChI=1S/C14H11Cl2F2NS/c15-11-3-2-9(6-12(11)16)20-7-14(19)10-5-8(17)1-4-13(10)18/h1-6,14H,7,19H2. The van der Waals surface area contributed by atoms with E-state index in [-0.39, 0.29) is 5.56 Å². The lowest BCUT2D eigenvalue weighted by atomic mass is 10.1. The van der Waals surface area contributed by atoms with Gasteiger partial charge in [-0.25, -0.2) is 8.78 Å². The Kier molecular flexibility index (Phi) is 5.27. The highest BCUT2D eigenvalue weighted by Gasteiger charge is 2.13. The number of rotatable bonds is 4. The summed E-state index contributed by atoms with van der Waals surface area (Å²) < 4.78 is 26.7. The lowest BCUT2D eigenvalue weighted by molar-refractivity contribution is 0.573. The number of hydrogen-bond donors (Lipinski definition) is 1. The molecule has 0 spiro atoms. The second kappa shape index (κ2) is 6.76. The first-order valence-electron chi connectivity index (χ1n) is 5.76. The fourth-order valence-electron chi connectivity index (χ4n) is 1.64. The smallest absolute Gasteiger partial charge is 0.128 e. The Morgan fingerprint density at radius 1 is 1.05 bits per heavy atom. The molecule has 0 amide bonds. The zero-order chi connectivity index (χ0) is 14.7. The van der Waals surface area contributed by atoms with Crippen molar-refractivity contribution >= 4 is 35.0 Å². The molecule has 1 nitrogen and oxygen atoms in total. The number of nitrogens with two attached hydrogens (primary N) is 1. The van der Waals surface area contributed by atoms with Crippen LogP contribution in [0, 0.1) is 11.6 Å². The summed E-state index contributed by atoms with van der Waals surface area (Å²) in [5.74, 6) is -0.608. The van der Waals surface area contributed by atoms with E-state index in [0.29, 0.717) is 15.8 Å². The topological polar surface area (TPSA) is 26.0 Å². The van der Waals surface area contributed by atoms with Crippen molar-refractivity contribution in [2.75, 3.05) is 5.75 Å². The maximum Gasteiger partial charge on any atom is 0.128 e. The molecule has 2 N–H and O–H groups in total. The fourth-order valence-corrected chi connectivity index (χ4v) is 2.92. The first-order valence-corrected chi connectivity index (χ1v) is 7.50. The summed E-state index contributed by atoms with van der Waals surface area (Å²) in [4.78, 5) is 0.867. The van der Waals surface area contributed by atoms with Crippen LogP contribution in [-0.4, -0.2) is 5.75 Å². The van der Waals surface area contributed by atoms with Crippen LogP contribution in [0.3, 0.4) is 0 Å². The van der Waals surface area contributed by atoms with Crippen LogP contribution in [0.5, 0.6) is 0 Å². The van der Waals surface area contributed by atoms with Crippen LogP contribution < -0.4 is 5.73 Å². The minimum absolute atomic E-state index is 0.164. The molecule has 2 aromatic carbocycles. The highest BCUT2D eigenvalue weighted by molar-refractivity contribution is 7.99. The van der Waals surface area contributed by atoms with Crippen molar-refractivity contribution in [2.24, 2.45) is 5.73 Å². The SMILES string of the molecule is NC(CSc1ccc(Cl)c(Cl)c1)c1cc(F)ccc1F. The van der Waals surface area contributed by atoms with Crippen LogP contribution in [0.1, 0.15) is 11.6 Å². The van der Waals surface area contributed by atoms with Gasteiger partial charge < -0.3 is 5.73 Å². The van der Waals surface area contributed by atoms with Gasteiger partial charge in [0.15, 0.2) is 0 Å². The van der Waals surface area contributed by atoms with E-state index in [1.807, 2.05) is 0 Å².